The summed E-state index contributed by atoms with van der Waals surface area (Å²) in [7, 11) is 1.63. The van der Waals surface area contributed by atoms with Gasteiger partial charge >= 0.3 is 0 Å². The second kappa shape index (κ2) is 9.09. The van der Waals surface area contributed by atoms with E-state index in [-0.39, 0.29) is 11.8 Å². The van der Waals surface area contributed by atoms with Crippen molar-refractivity contribution >= 4 is 17.5 Å². The number of hydrogen-bond acceptors (Lipinski definition) is 5. The molecule has 1 aromatic heterocycles. The molecular weight excluding hydrogens is 456 g/mol. The molecular formula is C28H30N4O4. The van der Waals surface area contributed by atoms with Gasteiger partial charge in [0.25, 0.3) is 5.91 Å². The molecule has 0 unspecified atom stereocenters. The minimum atomic E-state index is -0.0138. The second-order valence-corrected chi connectivity index (χ2v) is 9.67. The number of hydrogen-bond donors (Lipinski definition) is 0. The highest BCUT2D eigenvalue weighted by molar-refractivity contribution is 6.11. The SMILES string of the molecule is COc1ccc(N2Cc3c(cccc3-c3nn(C4CCOCC4)c4c3CN(C(C)=O)CC4)C2=O)cc1. The Balaban J connectivity index is 1.43. The Morgan fingerprint density at radius 1 is 1.03 bits per heavy atom. The van der Waals surface area contributed by atoms with E-state index in [1.807, 2.05) is 41.3 Å². The number of ether oxygens (including phenoxy) is 2. The third kappa shape index (κ3) is 3.76. The van der Waals surface area contributed by atoms with Gasteiger partial charge < -0.3 is 19.3 Å². The van der Waals surface area contributed by atoms with E-state index in [1.54, 1.807) is 18.9 Å². The van der Waals surface area contributed by atoms with Crippen molar-refractivity contribution in [1.29, 1.82) is 0 Å². The van der Waals surface area contributed by atoms with E-state index in [9.17, 15) is 9.59 Å². The van der Waals surface area contributed by atoms with E-state index < -0.39 is 0 Å². The lowest BCUT2D eigenvalue weighted by Gasteiger charge is -2.29. The number of aromatic nitrogens is 2. The normalized spacial score (nSPS) is 17.8. The maximum Gasteiger partial charge on any atom is 0.258 e. The van der Waals surface area contributed by atoms with Gasteiger partial charge in [0, 0.05) is 67.7 Å². The van der Waals surface area contributed by atoms with Crippen LogP contribution in [0.4, 0.5) is 5.69 Å². The molecule has 3 aromatic rings. The van der Waals surface area contributed by atoms with Gasteiger partial charge in [0.15, 0.2) is 0 Å². The lowest BCUT2D eigenvalue weighted by molar-refractivity contribution is -0.129. The number of fused-ring (bicyclic) bond motifs is 2. The van der Waals surface area contributed by atoms with Crippen molar-refractivity contribution < 1.29 is 19.1 Å². The molecule has 0 radical (unpaired) electrons. The van der Waals surface area contributed by atoms with E-state index in [4.69, 9.17) is 14.6 Å². The minimum absolute atomic E-state index is 0.0138. The van der Waals surface area contributed by atoms with Crippen molar-refractivity contribution in [3.63, 3.8) is 0 Å². The molecule has 36 heavy (non-hydrogen) atoms. The van der Waals surface area contributed by atoms with Crippen LogP contribution >= 0.6 is 0 Å². The van der Waals surface area contributed by atoms with Gasteiger partial charge in [0.2, 0.25) is 5.91 Å². The molecule has 0 atom stereocenters. The van der Waals surface area contributed by atoms with Crippen LogP contribution in [0, 0.1) is 0 Å². The predicted octanol–water partition coefficient (Wildman–Crippen LogP) is 3.98. The number of carbonyl (C=O) groups excluding carboxylic acids is 2. The quantitative estimate of drug-likeness (QED) is 0.558. The molecule has 2 aromatic carbocycles. The second-order valence-electron chi connectivity index (χ2n) is 9.67. The van der Waals surface area contributed by atoms with Crippen molar-refractivity contribution in [2.75, 3.05) is 31.8 Å². The Morgan fingerprint density at radius 2 is 1.78 bits per heavy atom. The predicted molar refractivity (Wildman–Crippen MR) is 135 cm³/mol. The van der Waals surface area contributed by atoms with Crippen LogP contribution in [-0.4, -0.2) is 53.4 Å². The number of benzene rings is 2. The Bertz CT molecular complexity index is 1320. The van der Waals surface area contributed by atoms with Gasteiger partial charge in [0.1, 0.15) is 5.75 Å². The molecule has 0 N–H and O–H groups in total. The highest BCUT2D eigenvalue weighted by atomic mass is 16.5. The number of methoxy groups -OCH3 is 1. The van der Waals surface area contributed by atoms with Gasteiger partial charge in [-0.25, -0.2) is 0 Å². The van der Waals surface area contributed by atoms with Gasteiger partial charge in [-0.2, -0.15) is 5.10 Å². The average Bonchev–Trinajstić information content (AvgIpc) is 3.47. The first-order valence-corrected chi connectivity index (χ1v) is 12.6. The fourth-order valence-electron chi connectivity index (χ4n) is 5.69. The number of amides is 2. The summed E-state index contributed by atoms with van der Waals surface area (Å²) in [5.41, 5.74) is 6.71. The summed E-state index contributed by atoms with van der Waals surface area (Å²) in [6.45, 7) is 4.82. The fourth-order valence-corrected chi connectivity index (χ4v) is 5.69. The number of carbonyl (C=O) groups is 2. The molecule has 6 rings (SSSR count). The standard InChI is InChI=1S/C28H30N4O4/c1-18(33)30-13-10-26-25(16-30)27(29-32(26)20-11-14-36-15-12-20)22-4-3-5-23-24(22)17-31(28(23)34)19-6-8-21(35-2)9-7-19/h3-9,20H,10-17H2,1-2H3. The van der Waals surface area contributed by atoms with Crippen LogP contribution < -0.4 is 9.64 Å². The molecule has 8 heteroatoms. The summed E-state index contributed by atoms with van der Waals surface area (Å²) >= 11 is 0. The maximum atomic E-state index is 13.4. The fraction of sp³-hybridized carbons (Fsp3) is 0.393. The Kier molecular flexibility index (Phi) is 5.76. The lowest BCUT2D eigenvalue weighted by atomic mass is 9.95. The van der Waals surface area contributed by atoms with Gasteiger partial charge in [-0.1, -0.05) is 12.1 Å². The molecule has 3 aliphatic rings. The van der Waals surface area contributed by atoms with E-state index in [2.05, 4.69) is 10.7 Å². The molecule has 1 saturated heterocycles. The molecule has 3 aliphatic heterocycles. The first-order chi connectivity index (χ1) is 17.5. The first kappa shape index (κ1) is 22.8. The van der Waals surface area contributed by atoms with Crippen LogP contribution in [0.1, 0.15) is 53.0 Å². The summed E-state index contributed by atoms with van der Waals surface area (Å²) in [6.07, 6.45) is 2.65. The third-order valence-corrected chi connectivity index (χ3v) is 7.68. The van der Waals surface area contributed by atoms with E-state index >= 15 is 0 Å². The zero-order chi connectivity index (χ0) is 24.8. The number of rotatable bonds is 4. The number of anilines is 1. The zero-order valence-electron chi connectivity index (χ0n) is 20.7. The minimum Gasteiger partial charge on any atom is -0.497 e. The summed E-state index contributed by atoms with van der Waals surface area (Å²) in [6, 6.07) is 13.8. The first-order valence-electron chi connectivity index (χ1n) is 12.6. The van der Waals surface area contributed by atoms with E-state index in [1.165, 1.54) is 5.69 Å². The Labute approximate surface area is 210 Å². The molecule has 1 fully saturated rings. The molecule has 186 valence electrons. The van der Waals surface area contributed by atoms with Crippen molar-refractivity contribution in [3.8, 4) is 17.0 Å². The largest absolute Gasteiger partial charge is 0.497 e. The van der Waals surface area contributed by atoms with Crippen LogP contribution in [0.5, 0.6) is 5.75 Å². The Hall–Kier alpha value is -3.65. The zero-order valence-corrected chi connectivity index (χ0v) is 20.7. The van der Waals surface area contributed by atoms with E-state index in [0.29, 0.717) is 31.2 Å². The van der Waals surface area contributed by atoms with Crippen LogP contribution in [0.25, 0.3) is 11.3 Å². The third-order valence-electron chi connectivity index (χ3n) is 7.68. The smallest absolute Gasteiger partial charge is 0.258 e. The molecule has 2 amide bonds. The summed E-state index contributed by atoms with van der Waals surface area (Å²) < 4.78 is 13.1. The Morgan fingerprint density at radius 3 is 2.50 bits per heavy atom. The van der Waals surface area contributed by atoms with Crippen molar-refractivity contribution in [2.45, 2.75) is 45.3 Å². The van der Waals surface area contributed by atoms with Crippen LogP contribution in [0.15, 0.2) is 42.5 Å². The molecule has 4 heterocycles. The molecule has 8 nitrogen and oxygen atoms in total. The van der Waals surface area contributed by atoms with Gasteiger partial charge in [-0.05, 0) is 48.7 Å². The highest BCUT2D eigenvalue weighted by Gasteiger charge is 2.35. The molecule has 0 spiro atoms. The highest BCUT2D eigenvalue weighted by Crippen LogP contribution is 2.39. The van der Waals surface area contributed by atoms with Crippen LogP contribution in [0.2, 0.25) is 0 Å². The monoisotopic (exact) mass is 486 g/mol. The van der Waals surface area contributed by atoms with Gasteiger partial charge in [-0.15, -0.1) is 0 Å². The molecule has 0 saturated carbocycles. The topological polar surface area (TPSA) is 76.9 Å². The summed E-state index contributed by atoms with van der Waals surface area (Å²) in [5, 5.41) is 5.18. The summed E-state index contributed by atoms with van der Waals surface area (Å²) in [4.78, 5) is 29.4. The van der Waals surface area contributed by atoms with Crippen LogP contribution in [0.3, 0.4) is 0 Å². The molecule has 0 aliphatic carbocycles. The van der Waals surface area contributed by atoms with Gasteiger partial charge in [-0.3, -0.25) is 14.3 Å². The average molecular weight is 487 g/mol. The summed E-state index contributed by atoms with van der Waals surface area (Å²) in [5.74, 6) is 0.813. The molecule has 0 bridgehead atoms. The van der Waals surface area contributed by atoms with Gasteiger partial charge in [0.05, 0.1) is 25.4 Å². The van der Waals surface area contributed by atoms with Crippen molar-refractivity contribution in [2.24, 2.45) is 0 Å². The lowest BCUT2D eigenvalue weighted by Crippen LogP contribution is -2.35. The number of nitrogens with zero attached hydrogens (tertiary/aromatic N) is 4. The van der Waals surface area contributed by atoms with Crippen LogP contribution in [-0.2, 0) is 29.0 Å². The maximum absolute atomic E-state index is 13.4. The van der Waals surface area contributed by atoms with E-state index in [0.717, 1.165) is 66.3 Å². The van der Waals surface area contributed by atoms with Crippen molar-refractivity contribution in [3.05, 3.63) is 64.8 Å². The van der Waals surface area contributed by atoms with Crippen molar-refractivity contribution in [1.82, 2.24) is 14.7 Å².